The molecule has 1 amide bonds. The second-order valence-corrected chi connectivity index (χ2v) is 8.91. The average Bonchev–Trinajstić information content (AvgIpc) is 3.03. The van der Waals surface area contributed by atoms with Crippen LogP contribution >= 0.6 is 15.9 Å². The number of nitrogens with one attached hydrogen (secondary N) is 1. The van der Waals surface area contributed by atoms with Crippen molar-refractivity contribution in [1.82, 2.24) is 10.3 Å². The summed E-state index contributed by atoms with van der Waals surface area (Å²) in [5.74, 6) is 0.223. The molecule has 0 radical (unpaired) electrons. The number of benzene rings is 1. The first-order valence-corrected chi connectivity index (χ1v) is 11.6. The van der Waals surface area contributed by atoms with E-state index in [0.717, 1.165) is 26.7 Å². The molecule has 0 saturated heterocycles. The first kappa shape index (κ1) is 24.1. The smallest absolute Gasteiger partial charge is 0.269 e. The molecule has 0 spiro atoms. The average molecular weight is 501 g/mol. The van der Waals surface area contributed by atoms with Gasteiger partial charge in [0.2, 0.25) is 0 Å². The van der Waals surface area contributed by atoms with E-state index in [2.05, 4.69) is 38.4 Å². The number of pyridine rings is 1. The van der Waals surface area contributed by atoms with Crippen LogP contribution in [0.2, 0.25) is 0 Å². The van der Waals surface area contributed by atoms with Crippen molar-refractivity contribution in [2.75, 3.05) is 19.9 Å². The first-order valence-electron chi connectivity index (χ1n) is 10.8. The van der Waals surface area contributed by atoms with Crippen molar-refractivity contribution in [3.8, 4) is 0 Å². The molecule has 3 rings (SSSR count). The quantitative estimate of drug-likeness (QED) is 0.391. The number of ether oxygens (including phenoxy) is 2. The number of allylic oxidation sites excluding steroid dienone is 2. The van der Waals surface area contributed by atoms with E-state index in [1.54, 1.807) is 18.3 Å². The van der Waals surface area contributed by atoms with Crippen molar-refractivity contribution in [3.05, 3.63) is 68.6 Å². The van der Waals surface area contributed by atoms with Crippen molar-refractivity contribution in [3.63, 3.8) is 0 Å². The second-order valence-electron chi connectivity index (χ2n) is 8.00. The van der Waals surface area contributed by atoms with Gasteiger partial charge in [0.05, 0.1) is 5.57 Å². The van der Waals surface area contributed by atoms with Gasteiger partial charge in [0, 0.05) is 36.2 Å². The Bertz CT molecular complexity index is 1010. The standard InChI is InChI=1S/C25H29BrN2O4/c1-5-31-14-32-21-12-18(8-9-27-25(30)20-7-6-19(26)13-28-20)24(29)23(21)22-16(3)10-15(2)11-17(22)4/h6-7,10-11,13,18H,5,8-9,12,14H2,1-4H3,(H,27,30). The van der Waals surface area contributed by atoms with E-state index in [-0.39, 0.29) is 24.4 Å². The summed E-state index contributed by atoms with van der Waals surface area (Å²) >= 11 is 3.31. The highest BCUT2D eigenvalue weighted by Gasteiger charge is 2.36. The SMILES string of the molecule is CCOCOC1=C(c2c(C)cc(C)cc2C)C(=O)C(CCNC(=O)c2ccc(Br)cn2)C1. The van der Waals surface area contributed by atoms with Gasteiger partial charge in [-0.15, -0.1) is 0 Å². The van der Waals surface area contributed by atoms with Gasteiger partial charge in [0.25, 0.3) is 5.91 Å². The number of halogens is 1. The molecule has 0 bridgehead atoms. The van der Waals surface area contributed by atoms with Crippen LogP contribution in [0.15, 0.2) is 40.7 Å². The molecular weight excluding hydrogens is 472 g/mol. The predicted octanol–water partition coefficient (Wildman–Crippen LogP) is 4.90. The molecule has 1 heterocycles. The molecule has 1 atom stereocenters. The van der Waals surface area contributed by atoms with Gasteiger partial charge in [0.15, 0.2) is 12.6 Å². The number of hydrogen-bond acceptors (Lipinski definition) is 5. The van der Waals surface area contributed by atoms with E-state index in [1.807, 2.05) is 27.7 Å². The molecule has 0 fully saturated rings. The van der Waals surface area contributed by atoms with E-state index in [1.165, 1.54) is 0 Å². The Morgan fingerprint density at radius 2 is 1.94 bits per heavy atom. The van der Waals surface area contributed by atoms with Crippen LogP contribution in [0.4, 0.5) is 0 Å². The van der Waals surface area contributed by atoms with Gasteiger partial charge in [0.1, 0.15) is 11.5 Å². The van der Waals surface area contributed by atoms with Crippen LogP contribution in [0.1, 0.15) is 52.5 Å². The van der Waals surface area contributed by atoms with E-state index in [0.29, 0.717) is 43.0 Å². The number of carbonyl (C=O) groups is 2. The number of hydrogen-bond donors (Lipinski definition) is 1. The van der Waals surface area contributed by atoms with Crippen LogP contribution in [0.3, 0.4) is 0 Å². The third-order valence-electron chi connectivity index (χ3n) is 5.51. The highest BCUT2D eigenvalue weighted by molar-refractivity contribution is 9.10. The third kappa shape index (κ3) is 5.64. The van der Waals surface area contributed by atoms with Crippen molar-refractivity contribution in [1.29, 1.82) is 0 Å². The predicted molar refractivity (Wildman–Crippen MR) is 127 cm³/mol. The van der Waals surface area contributed by atoms with Gasteiger partial charge in [-0.3, -0.25) is 9.59 Å². The van der Waals surface area contributed by atoms with E-state index < -0.39 is 0 Å². The summed E-state index contributed by atoms with van der Waals surface area (Å²) in [6.45, 7) is 9.03. The van der Waals surface area contributed by atoms with Crippen molar-refractivity contribution in [2.24, 2.45) is 5.92 Å². The number of Topliss-reactive ketones (excluding diaryl/α,β-unsaturated/α-hetero) is 1. The largest absolute Gasteiger partial charge is 0.471 e. The van der Waals surface area contributed by atoms with Crippen LogP contribution in [-0.4, -0.2) is 36.6 Å². The number of carbonyl (C=O) groups excluding carboxylic acids is 2. The lowest BCUT2D eigenvalue weighted by Gasteiger charge is -2.15. The lowest BCUT2D eigenvalue weighted by molar-refractivity contribution is -0.116. The summed E-state index contributed by atoms with van der Waals surface area (Å²) < 4.78 is 12.1. The number of aryl methyl sites for hydroxylation is 3. The fourth-order valence-corrected chi connectivity index (χ4v) is 4.35. The summed E-state index contributed by atoms with van der Waals surface area (Å²) in [4.78, 5) is 29.9. The Kier molecular flexibility index (Phi) is 8.21. The van der Waals surface area contributed by atoms with Gasteiger partial charge in [-0.05, 0) is 78.9 Å². The topological polar surface area (TPSA) is 77.5 Å². The van der Waals surface area contributed by atoms with Crippen LogP contribution < -0.4 is 5.32 Å². The molecule has 170 valence electrons. The summed E-state index contributed by atoms with van der Waals surface area (Å²) in [5.41, 5.74) is 5.20. The molecule has 6 nitrogen and oxygen atoms in total. The zero-order valence-electron chi connectivity index (χ0n) is 19.0. The number of rotatable bonds is 9. The minimum Gasteiger partial charge on any atom is -0.471 e. The Morgan fingerprint density at radius 1 is 1.22 bits per heavy atom. The first-order chi connectivity index (χ1) is 15.3. The molecule has 1 N–H and O–H groups in total. The monoisotopic (exact) mass is 500 g/mol. The number of ketones is 1. The maximum Gasteiger partial charge on any atom is 0.269 e. The molecule has 1 unspecified atom stereocenters. The van der Waals surface area contributed by atoms with Gasteiger partial charge in [-0.2, -0.15) is 0 Å². The third-order valence-corrected chi connectivity index (χ3v) is 5.98. The minimum atomic E-state index is -0.255. The highest BCUT2D eigenvalue weighted by atomic mass is 79.9. The van der Waals surface area contributed by atoms with Gasteiger partial charge >= 0.3 is 0 Å². The fraction of sp³-hybridized carbons (Fsp3) is 0.400. The van der Waals surface area contributed by atoms with Crippen molar-refractivity contribution < 1.29 is 19.1 Å². The molecule has 0 aliphatic heterocycles. The van der Waals surface area contributed by atoms with Gasteiger partial charge in [-0.25, -0.2) is 4.98 Å². The molecular formula is C25H29BrN2O4. The molecule has 7 heteroatoms. The Balaban J connectivity index is 1.73. The highest BCUT2D eigenvalue weighted by Crippen LogP contribution is 2.39. The lowest BCUT2D eigenvalue weighted by Crippen LogP contribution is -2.27. The van der Waals surface area contributed by atoms with Gasteiger partial charge < -0.3 is 14.8 Å². The number of amides is 1. The fourth-order valence-electron chi connectivity index (χ4n) is 4.12. The zero-order chi connectivity index (χ0) is 23.3. The summed E-state index contributed by atoms with van der Waals surface area (Å²) in [5, 5.41) is 2.86. The van der Waals surface area contributed by atoms with Crippen LogP contribution in [0.25, 0.3) is 5.57 Å². The maximum atomic E-state index is 13.4. The maximum absolute atomic E-state index is 13.4. The van der Waals surface area contributed by atoms with Crippen LogP contribution in [0, 0.1) is 26.7 Å². The normalized spacial score (nSPS) is 15.9. The minimum absolute atomic E-state index is 0.0579. The summed E-state index contributed by atoms with van der Waals surface area (Å²) in [7, 11) is 0. The molecule has 1 aliphatic rings. The van der Waals surface area contributed by atoms with Crippen molar-refractivity contribution >= 4 is 33.2 Å². The van der Waals surface area contributed by atoms with Gasteiger partial charge in [-0.1, -0.05) is 17.7 Å². The van der Waals surface area contributed by atoms with Crippen LogP contribution in [0.5, 0.6) is 0 Å². The molecule has 1 aromatic heterocycles. The second kappa shape index (κ2) is 10.9. The zero-order valence-corrected chi connectivity index (χ0v) is 20.5. The Labute approximate surface area is 197 Å². The Hall–Kier alpha value is -2.51. The van der Waals surface area contributed by atoms with Crippen molar-refractivity contribution in [2.45, 2.75) is 40.5 Å². The molecule has 32 heavy (non-hydrogen) atoms. The number of nitrogens with zero attached hydrogens (tertiary/aromatic N) is 1. The van der Waals surface area contributed by atoms with E-state index in [9.17, 15) is 9.59 Å². The molecule has 0 saturated carbocycles. The van der Waals surface area contributed by atoms with E-state index in [4.69, 9.17) is 9.47 Å². The van der Waals surface area contributed by atoms with Crippen LogP contribution in [-0.2, 0) is 14.3 Å². The molecule has 1 aliphatic carbocycles. The van der Waals surface area contributed by atoms with E-state index >= 15 is 0 Å². The summed E-state index contributed by atoms with van der Waals surface area (Å²) in [6, 6.07) is 7.60. The molecule has 2 aromatic rings. The Morgan fingerprint density at radius 3 is 2.56 bits per heavy atom. The number of aromatic nitrogens is 1. The molecule has 1 aromatic carbocycles. The summed E-state index contributed by atoms with van der Waals surface area (Å²) in [6.07, 6.45) is 2.61. The lowest BCUT2D eigenvalue weighted by atomic mass is 9.90.